The summed E-state index contributed by atoms with van der Waals surface area (Å²) < 4.78 is 4.95. The highest BCUT2D eigenvalue weighted by molar-refractivity contribution is 7.58. The molecule has 0 unspecified atom stereocenters. The number of nitrogens with one attached hydrogen (secondary N) is 1. The van der Waals surface area contributed by atoms with E-state index in [1.807, 2.05) is 18.2 Å². The van der Waals surface area contributed by atoms with Crippen molar-refractivity contribution in [3.8, 4) is 0 Å². The quantitative estimate of drug-likeness (QED) is 0.595. The predicted octanol–water partition coefficient (Wildman–Crippen LogP) is 0.709. The number of carbonyl (C=O) groups is 1. The molecule has 0 fully saturated rings. The highest BCUT2D eigenvalue weighted by Crippen LogP contribution is 1.95. The fraction of sp³-hybridized carbons (Fsp3) is 0.400. The van der Waals surface area contributed by atoms with Gasteiger partial charge >= 0.3 is 6.09 Å². The normalized spacial score (nSPS) is 9.67. The highest BCUT2D eigenvalue weighted by atomic mass is 32.1. The third-order valence-corrected chi connectivity index (χ3v) is 2.05. The van der Waals surface area contributed by atoms with Crippen molar-refractivity contribution in [3.05, 3.63) is 30.1 Å². The summed E-state index contributed by atoms with van der Waals surface area (Å²) in [7, 11) is 0. The molecule has 0 aliphatic carbocycles. The van der Waals surface area contributed by atoms with Crippen LogP contribution in [-0.2, 0) is 24.0 Å². The molecule has 5 heteroatoms. The van der Waals surface area contributed by atoms with Crippen LogP contribution in [0.2, 0.25) is 0 Å². The van der Waals surface area contributed by atoms with Gasteiger partial charge in [-0.2, -0.15) is 0 Å². The van der Waals surface area contributed by atoms with E-state index in [1.54, 1.807) is 6.20 Å². The van der Waals surface area contributed by atoms with Gasteiger partial charge < -0.3 is 10.1 Å². The first-order valence-corrected chi connectivity index (χ1v) is 5.49. The third kappa shape index (κ3) is 5.27. The van der Waals surface area contributed by atoms with Crippen LogP contribution in [0.4, 0.5) is 4.79 Å². The molecular formula is C10H15N2O2S+. The van der Waals surface area contributed by atoms with E-state index >= 15 is 0 Å². The molecule has 1 heterocycles. The molecule has 0 radical (unpaired) electrons. The van der Waals surface area contributed by atoms with Gasteiger partial charge in [0.25, 0.3) is 0 Å². The van der Waals surface area contributed by atoms with Crippen molar-refractivity contribution in [2.24, 2.45) is 0 Å². The van der Waals surface area contributed by atoms with Crippen molar-refractivity contribution in [2.75, 3.05) is 12.3 Å². The summed E-state index contributed by atoms with van der Waals surface area (Å²) in [5.74, 6) is 0.862. The molecule has 1 amide bonds. The summed E-state index contributed by atoms with van der Waals surface area (Å²) in [6, 6.07) is 5.49. The van der Waals surface area contributed by atoms with E-state index in [0.717, 1.165) is 17.9 Å². The molecule has 0 spiro atoms. The van der Waals surface area contributed by atoms with Gasteiger partial charge in [0.05, 0.1) is 5.69 Å². The molecule has 0 saturated carbocycles. The van der Waals surface area contributed by atoms with E-state index in [1.165, 1.54) is 0 Å². The largest absolute Gasteiger partial charge is 0.443 e. The van der Waals surface area contributed by atoms with Gasteiger partial charge in [0.2, 0.25) is 0 Å². The number of nitrogens with zero attached hydrogens (tertiary/aromatic N) is 1. The lowest BCUT2D eigenvalue weighted by Gasteiger charge is -2.04. The molecule has 1 aromatic rings. The van der Waals surface area contributed by atoms with Crippen LogP contribution in [0.25, 0.3) is 0 Å². The Hall–Kier alpha value is -1.23. The summed E-state index contributed by atoms with van der Waals surface area (Å²) in [5, 5.41) is 2.63. The van der Waals surface area contributed by atoms with Crippen molar-refractivity contribution in [3.63, 3.8) is 0 Å². The van der Waals surface area contributed by atoms with Crippen LogP contribution in [0.15, 0.2) is 24.4 Å². The fourth-order valence-corrected chi connectivity index (χ4v) is 1.13. The van der Waals surface area contributed by atoms with Crippen molar-refractivity contribution in [1.29, 1.82) is 0 Å². The number of aromatic nitrogens is 1. The van der Waals surface area contributed by atoms with Gasteiger partial charge in [-0.3, -0.25) is 4.98 Å². The van der Waals surface area contributed by atoms with E-state index in [4.69, 9.17) is 4.74 Å². The number of amides is 1. The lowest BCUT2D eigenvalue weighted by molar-refractivity contribution is 0.138. The van der Waals surface area contributed by atoms with Crippen LogP contribution in [0.1, 0.15) is 12.1 Å². The van der Waals surface area contributed by atoms with E-state index < -0.39 is 6.09 Å². The molecule has 82 valence electrons. The Balaban J connectivity index is 2.17. The molecule has 0 aliphatic heterocycles. The Morgan fingerprint density at radius 2 is 2.40 bits per heavy atom. The van der Waals surface area contributed by atoms with Gasteiger partial charge in [-0.25, -0.2) is 4.79 Å². The van der Waals surface area contributed by atoms with Gasteiger partial charge in [0.1, 0.15) is 12.4 Å². The Morgan fingerprint density at radius 3 is 3.07 bits per heavy atom. The van der Waals surface area contributed by atoms with E-state index in [-0.39, 0.29) is 6.61 Å². The third-order valence-electron chi connectivity index (χ3n) is 1.70. The zero-order chi connectivity index (χ0) is 10.9. The van der Waals surface area contributed by atoms with Crippen LogP contribution in [0, 0.1) is 0 Å². The summed E-state index contributed by atoms with van der Waals surface area (Å²) >= 11 is 3.32. The van der Waals surface area contributed by atoms with Gasteiger partial charge in [-0.15, -0.1) is 0 Å². The second kappa shape index (κ2) is 7.11. The Kier molecular flexibility index (Phi) is 5.62. The molecule has 15 heavy (non-hydrogen) atoms. The SMILES string of the molecule is O=C(NCCC[SH2+])OCc1ccccn1. The average Bonchev–Trinajstić information content (AvgIpc) is 2.28. The van der Waals surface area contributed by atoms with Crippen molar-refractivity contribution in [2.45, 2.75) is 13.0 Å². The van der Waals surface area contributed by atoms with Crippen LogP contribution >= 0.6 is 0 Å². The molecule has 0 bridgehead atoms. The van der Waals surface area contributed by atoms with Crippen LogP contribution in [0.3, 0.4) is 0 Å². The monoisotopic (exact) mass is 227 g/mol. The van der Waals surface area contributed by atoms with Crippen molar-refractivity contribution < 1.29 is 9.53 Å². The Morgan fingerprint density at radius 1 is 1.53 bits per heavy atom. The summed E-state index contributed by atoms with van der Waals surface area (Å²) in [5.41, 5.74) is 0.743. The van der Waals surface area contributed by atoms with Gasteiger partial charge in [0.15, 0.2) is 0 Å². The minimum Gasteiger partial charge on any atom is -0.443 e. The zero-order valence-electron chi connectivity index (χ0n) is 8.40. The molecule has 1 rings (SSSR count). The molecular weight excluding hydrogens is 212 g/mol. The van der Waals surface area contributed by atoms with E-state index in [0.29, 0.717) is 6.54 Å². The van der Waals surface area contributed by atoms with Gasteiger partial charge in [-0.1, -0.05) is 6.07 Å². The first-order valence-electron chi connectivity index (χ1n) is 4.78. The van der Waals surface area contributed by atoms with Gasteiger partial charge in [0, 0.05) is 19.2 Å². The minimum absolute atomic E-state index is 0.209. The number of carbonyl (C=O) groups excluding carboxylic acids is 1. The topological polar surface area (TPSA) is 51.2 Å². The smallest absolute Gasteiger partial charge is 0.407 e. The number of pyridine rings is 1. The van der Waals surface area contributed by atoms with E-state index in [2.05, 4.69) is 22.9 Å². The van der Waals surface area contributed by atoms with Crippen molar-refractivity contribution in [1.82, 2.24) is 10.3 Å². The highest BCUT2D eigenvalue weighted by Gasteiger charge is 2.01. The Labute approximate surface area is 94.5 Å². The lowest BCUT2D eigenvalue weighted by atomic mass is 10.4. The van der Waals surface area contributed by atoms with Gasteiger partial charge in [-0.05, 0) is 24.8 Å². The molecule has 0 aliphatic rings. The maximum atomic E-state index is 11.1. The zero-order valence-corrected chi connectivity index (χ0v) is 9.40. The van der Waals surface area contributed by atoms with Crippen molar-refractivity contribution >= 4 is 18.7 Å². The van der Waals surface area contributed by atoms with Crippen LogP contribution in [0.5, 0.6) is 0 Å². The molecule has 4 nitrogen and oxygen atoms in total. The first kappa shape index (κ1) is 11.8. The number of alkyl carbamates (subject to hydrolysis) is 1. The molecule has 1 aromatic heterocycles. The standard InChI is InChI=1S/C10H14N2O2S/c13-10(12-6-3-7-15)14-8-9-4-1-2-5-11-9/h1-2,4-5,15H,3,6-8H2,(H,12,13)/p+1. The maximum Gasteiger partial charge on any atom is 0.407 e. The number of hydrogen-bond acceptors (Lipinski definition) is 3. The van der Waals surface area contributed by atoms with Crippen LogP contribution in [-0.4, -0.2) is 23.4 Å². The predicted molar refractivity (Wildman–Crippen MR) is 62.1 cm³/mol. The summed E-state index contributed by atoms with van der Waals surface area (Å²) in [4.78, 5) is 15.1. The lowest BCUT2D eigenvalue weighted by Crippen LogP contribution is -2.25. The average molecular weight is 227 g/mol. The second-order valence-corrected chi connectivity index (χ2v) is 3.43. The maximum absolute atomic E-state index is 11.1. The molecule has 0 saturated heterocycles. The number of hydrogen-bond donors (Lipinski definition) is 1. The first-order chi connectivity index (χ1) is 7.33. The van der Waals surface area contributed by atoms with E-state index in [9.17, 15) is 4.79 Å². The minimum atomic E-state index is -0.402. The molecule has 1 N–H and O–H groups in total. The summed E-state index contributed by atoms with van der Waals surface area (Å²) in [6.45, 7) is 0.825. The second-order valence-electron chi connectivity index (χ2n) is 2.93. The fourth-order valence-electron chi connectivity index (χ4n) is 0.953. The number of rotatable bonds is 5. The summed E-state index contributed by atoms with van der Waals surface area (Å²) in [6.07, 6.45) is 2.15. The van der Waals surface area contributed by atoms with Crippen LogP contribution < -0.4 is 5.32 Å². The Bertz CT molecular complexity index is 293. The molecule has 0 atom stereocenters. The number of ether oxygens (including phenoxy) is 1. The molecule has 0 aromatic carbocycles.